The fourth-order valence-corrected chi connectivity index (χ4v) is 4.69. The quantitative estimate of drug-likeness (QED) is 0.372. The number of alkyl halides is 6. The highest BCUT2D eigenvalue weighted by Gasteiger charge is 2.71. The Morgan fingerprint density at radius 3 is 2.28 bits per heavy atom. The maximum atomic E-state index is 12.9. The Hall–Kier alpha value is 0.500. The lowest BCUT2D eigenvalue weighted by Crippen LogP contribution is -2.76. The van der Waals surface area contributed by atoms with Crippen molar-refractivity contribution in [3.05, 3.63) is 0 Å². The van der Waals surface area contributed by atoms with Crippen molar-refractivity contribution < 1.29 is 19.1 Å². The molecule has 0 saturated carbocycles. The summed E-state index contributed by atoms with van der Waals surface area (Å²) in [4.78, 5) is 38.5. The molecule has 2 amide bonds. The number of esters is 1. The van der Waals surface area contributed by atoms with Crippen LogP contribution in [0.4, 0.5) is 0 Å². The van der Waals surface area contributed by atoms with Crippen LogP contribution in [-0.2, 0) is 19.1 Å². The molecule has 13 heteroatoms. The van der Waals surface area contributed by atoms with Crippen LogP contribution in [-0.4, -0.2) is 52.7 Å². The number of carbonyl (C=O) groups is 3. The SMILES string of the molecule is CC1(C)S[C@@H]2CC(=O)N2[C@@]1(NC(=O)C(Cl)(Cl)Cl)C(=O)OCC(Cl)(Cl)Cl. The van der Waals surface area contributed by atoms with Crippen LogP contribution in [0.1, 0.15) is 20.3 Å². The van der Waals surface area contributed by atoms with Crippen LogP contribution in [0.5, 0.6) is 0 Å². The number of amides is 2. The van der Waals surface area contributed by atoms with Crippen LogP contribution in [0.2, 0.25) is 0 Å². The number of ether oxygens (including phenoxy) is 1. The minimum absolute atomic E-state index is 0.206. The van der Waals surface area contributed by atoms with E-state index in [0.717, 1.165) is 0 Å². The van der Waals surface area contributed by atoms with E-state index in [1.54, 1.807) is 13.8 Å². The Morgan fingerprint density at radius 1 is 1.28 bits per heavy atom. The van der Waals surface area contributed by atoms with Crippen molar-refractivity contribution in [2.45, 2.75) is 43.6 Å². The number of hydrogen-bond acceptors (Lipinski definition) is 5. The van der Waals surface area contributed by atoms with Gasteiger partial charge in [0.1, 0.15) is 6.61 Å². The Balaban J connectivity index is 2.43. The van der Waals surface area contributed by atoms with Crippen molar-refractivity contribution in [1.29, 1.82) is 0 Å². The number of hydrogen-bond donors (Lipinski definition) is 1. The summed E-state index contributed by atoms with van der Waals surface area (Å²) in [6, 6.07) is 0. The number of β-lactam (4-membered cyclic amide) rings is 1. The maximum Gasteiger partial charge on any atom is 0.354 e. The van der Waals surface area contributed by atoms with Gasteiger partial charge in [-0.3, -0.25) is 14.5 Å². The first-order chi connectivity index (χ1) is 11.1. The summed E-state index contributed by atoms with van der Waals surface area (Å²) in [6.45, 7) is 2.71. The van der Waals surface area contributed by atoms with Gasteiger partial charge < -0.3 is 10.1 Å². The van der Waals surface area contributed by atoms with Crippen molar-refractivity contribution in [1.82, 2.24) is 10.2 Å². The smallest absolute Gasteiger partial charge is 0.354 e. The molecule has 2 aliphatic heterocycles. The molecule has 6 nitrogen and oxygen atoms in total. The topological polar surface area (TPSA) is 75.7 Å². The van der Waals surface area contributed by atoms with Gasteiger partial charge in [-0.25, -0.2) is 4.79 Å². The second-order valence-electron chi connectivity index (χ2n) is 5.90. The molecule has 2 heterocycles. The zero-order valence-corrected chi connectivity index (χ0v) is 18.1. The Morgan fingerprint density at radius 2 is 1.84 bits per heavy atom. The molecule has 25 heavy (non-hydrogen) atoms. The normalized spacial score (nSPS) is 28.2. The molecular weight excluding hydrogens is 481 g/mol. The summed E-state index contributed by atoms with van der Waals surface area (Å²) >= 11 is 34.9. The van der Waals surface area contributed by atoms with E-state index >= 15 is 0 Å². The van der Waals surface area contributed by atoms with Gasteiger partial charge in [-0.2, -0.15) is 0 Å². The fraction of sp³-hybridized carbons (Fsp3) is 0.750. The highest BCUT2D eigenvalue weighted by molar-refractivity contribution is 8.01. The second-order valence-corrected chi connectivity index (χ2v) is 12.5. The van der Waals surface area contributed by atoms with E-state index < -0.39 is 36.5 Å². The van der Waals surface area contributed by atoms with Crippen molar-refractivity contribution in [3.8, 4) is 0 Å². The molecule has 0 radical (unpaired) electrons. The summed E-state index contributed by atoms with van der Waals surface area (Å²) in [7, 11) is 0. The average Bonchev–Trinajstić information content (AvgIpc) is 2.58. The molecule has 2 aliphatic rings. The number of rotatable bonds is 3. The monoisotopic (exact) mass is 490 g/mol. The van der Waals surface area contributed by atoms with Gasteiger partial charge in [-0.05, 0) is 13.8 Å². The van der Waals surface area contributed by atoms with E-state index in [1.165, 1.54) is 16.7 Å². The molecule has 2 rings (SSSR count). The predicted molar refractivity (Wildman–Crippen MR) is 99.3 cm³/mol. The van der Waals surface area contributed by atoms with Gasteiger partial charge in [-0.15, -0.1) is 11.8 Å². The van der Waals surface area contributed by atoms with Gasteiger partial charge in [0.25, 0.3) is 9.70 Å². The second kappa shape index (κ2) is 6.83. The first-order valence-electron chi connectivity index (χ1n) is 6.75. The van der Waals surface area contributed by atoms with E-state index in [4.69, 9.17) is 74.3 Å². The highest BCUT2D eigenvalue weighted by Crippen LogP contribution is 2.56. The number of thioether (sulfide) groups is 1. The molecule has 0 aromatic heterocycles. The van der Waals surface area contributed by atoms with Gasteiger partial charge >= 0.3 is 5.97 Å². The molecular formula is C12H12Cl6N2O4S. The van der Waals surface area contributed by atoms with E-state index in [1.807, 2.05) is 0 Å². The van der Waals surface area contributed by atoms with Gasteiger partial charge in [0.15, 0.2) is 0 Å². The summed E-state index contributed by atoms with van der Waals surface area (Å²) in [5, 5.41) is 2.03. The summed E-state index contributed by atoms with van der Waals surface area (Å²) in [5.41, 5.74) is -1.91. The third-order valence-electron chi connectivity index (χ3n) is 3.78. The molecule has 142 valence electrons. The van der Waals surface area contributed by atoms with Gasteiger partial charge in [-0.1, -0.05) is 69.6 Å². The number of carbonyl (C=O) groups excluding carboxylic acids is 3. The number of fused-ring (bicyclic) bond motifs is 1. The lowest BCUT2D eigenvalue weighted by Gasteiger charge is -2.47. The van der Waals surface area contributed by atoms with Crippen LogP contribution in [0.15, 0.2) is 0 Å². The lowest BCUT2D eigenvalue weighted by atomic mass is 9.89. The van der Waals surface area contributed by atoms with Crippen molar-refractivity contribution in [2.75, 3.05) is 6.61 Å². The van der Waals surface area contributed by atoms with Crippen LogP contribution in [0, 0.1) is 0 Å². The minimum atomic E-state index is -2.35. The number of nitrogens with one attached hydrogen (secondary N) is 1. The molecule has 2 atom stereocenters. The van der Waals surface area contributed by atoms with E-state index in [2.05, 4.69) is 5.32 Å². The molecule has 0 unspecified atom stereocenters. The molecule has 0 aliphatic carbocycles. The van der Waals surface area contributed by atoms with E-state index in [-0.39, 0.29) is 17.7 Å². The summed E-state index contributed by atoms with van der Waals surface area (Å²) in [5.74, 6) is -2.44. The van der Waals surface area contributed by atoms with Crippen molar-refractivity contribution >= 4 is 99.2 Å². The lowest BCUT2D eigenvalue weighted by molar-refractivity contribution is -0.177. The first-order valence-corrected chi connectivity index (χ1v) is 9.90. The zero-order valence-electron chi connectivity index (χ0n) is 12.7. The van der Waals surface area contributed by atoms with Gasteiger partial charge in [0.2, 0.25) is 15.4 Å². The number of nitrogens with zero attached hydrogens (tertiary/aromatic N) is 1. The largest absolute Gasteiger partial charge is 0.458 e. The molecule has 2 fully saturated rings. The number of halogens is 6. The van der Waals surface area contributed by atoms with Crippen LogP contribution >= 0.6 is 81.4 Å². The van der Waals surface area contributed by atoms with Crippen LogP contribution in [0.3, 0.4) is 0 Å². The highest BCUT2D eigenvalue weighted by atomic mass is 35.6. The predicted octanol–water partition coefficient (Wildman–Crippen LogP) is 3.17. The first kappa shape index (κ1) is 21.8. The zero-order chi connectivity index (χ0) is 19.4. The standard InChI is InChI=1S/C12H12Cl6N2O4S/c1-9(2)11(19-7(22)12(16,17)18,8(23)24-4-10(13,14)15)20-5(21)3-6(20)25-9/h6H,3-4H2,1-2H3,(H,19,22)/t6-,11+/m1/s1. The third-order valence-corrected chi connectivity index (χ3v) is 6.16. The summed E-state index contributed by atoms with van der Waals surface area (Å²) in [6.07, 6.45) is 0.206. The van der Waals surface area contributed by atoms with Crippen LogP contribution < -0.4 is 5.32 Å². The van der Waals surface area contributed by atoms with Gasteiger partial charge in [0.05, 0.1) is 16.5 Å². The fourth-order valence-electron chi connectivity index (χ4n) is 2.69. The maximum absolute atomic E-state index is 12.9. The summed E-state index contributed by atoms with van der Waals surface area (Å²) < 4.78 is -0.165. The Labute approximate surface area is 178 Å². The van der Waals surface area contributed by atoms with Crippen LogP contribution in [0.25, 0.3) is 0 Å². The van der Waals surface area contributed by atoms with Crippen molar-refractivity contribution in [3.63, 3.8) is 0 Å². The average molecular weight is 493 g/mol. The van der Waals surface area contributed by atoms with Gasteiger partial charge in [0, 0.05) is 0 Å². The van der Waals surface area contributed by atoms with E-state index in [9.17, 15) is 14.4 Å². The van der Waals surface area contributed by atoms with Crippen molar-refractivity contribution in [2.24, 2.45) is 0 Å². The minimum Gasteiger partial charge on any atom is -0.458 e. The Kier molecular flexibility index (Phi) is 5.96. The molecule has 1 N–H and O–H groups in total. The molecule has 0 aromatic rings. The Bertz CT molecular complexity index is 620. The molecule has 0 aromatic carbocycles. The molecule has 2 saturated heterocycles. The molecule has 0 bridgehead atoms. The molecule has 0 spiro atoms. The van der Waals surface area contributed by atoms with E-state index in [0.29, 0.717) is 0 Å². The third kappa shape index (κ3) is 4.03.